The molecule has 0 unspecified atom stereocenters. The number of nitrogens with zero attached hydrogens (tertiary/aromatic N) is 2. The summed E-state index contributed by atoms with van der Waals surface area (Å²) < 4.78 is 36.7. The Bertz CT molecular complexity index is 1080. The molecule has 9 heteroatoms. The number of hydrogen-bond donors (Lipinski definition) is 1. The number of fused-ring (bicyclic) bond motifs is 1. The van der Waals surface area contributed by atoms with Crippen molar-refractivity contribution in [3.05, 3.63) is 53.6 Å². The second kappa shape index (κ2) is 6.83. The van der Waals surface area contributed by atoms with Crippen LogP contribution >= 0.6 is 0 Å². The van der Waals surface area contributed by atoms with E-state index in [1.165, 1.54) is 11.9 Å². The molecule has 0 saturated heterocycles. The first-order valence-electron chi connectivity index (χ1n) is 8.66. The van der Waals surface area contributed by atoms with Crippen molar-refractivity contribution in [1.82, 2.24) is 5.01 Å². The average molecular weight is 401 g/mol. The average Bonchev–Trinajstić information content (AvgIpc) is 3.27. The number of hydrogen-bond acceptors (Lipinski definition) is 6. The summed E-state index contributed by atoms with van der Waals surface area (Å²) in [7, 11) is -3.46. The third-order valence-corrected chi connectivity index (χ3v) is 5.14. The van der Waals surface area contributed by atoms with Crippen molar-refractivity contribution in [3.63, 3.8) is 0 Å². The molecule has 146 valence electrons. The van der Waals surface area contributed by atoms with E-state index in [0.29, 0.717) is 34.9 Å². The topological polar surface area (TPSA) is 97.3 Å². The lowest BCUT2D eigenvalue weighted by Gasteiger charge is -2.23. The Morgan fingerprint density at radius 2 is 1.93 bits per heavy atom. The Kier molecular flexibility index (Phi) is 4.46. The molecular formula is C19H19N3O5S. The first kappa shape index (κ1) is 18.3. The number of sulfonamides is 1. The number of nitrogens with one attached hydrogen (secondary N) is 1. The SMILES string of the molecule is CC(=O)N1N=C(c2ccc3c(c2)OCO3)C[C@H]1c1ccccc1NS(C)(=O)=O. The lowest BCUT2D eigenvalue weighted by molar-refractivity contribution is -0.130. The zero-order valence-corrected chi connectivity index (χ0v) is 16.2. The van der Waals surface area contributed by atoms with Crippen molar-refractivity contribution in [2.45, 2.75) is 19.4 Å². The Hall–Kier alpha value is -3.07. The van der Waals surface area contributed by atoms with Crippen molar-refractivity contribution in [2.24, 2.45) is 5.10 Å². The number of anilines is 1. The largest absolute Gasteiger partial charge is 0.454 e. The van der Waals surface area contributed by atoms with E-state index in [2.05, 4.69) is 9.82 Å². The van der Waals surface area contributed by atoms with Crippen LogP contribution in [0.1, 0.15) is 30.5 Å². The first-order valence-corrected chi connectivity index (χ1v) is 10.5. The van der Waals surface area contributed by atoms with Crippen LogP contribution in [0, 0.1) is 0 Å². The lowest BCUT2D eigenvalue weighted by atomic mass is 9.97. The fourth-order valence-corrected chi connectivity index (χ4v) is 3.96. The van der Waals surface area contributed by atoms with E-state index in [0.717, 1.165) is 11.8 Å². The summed E-state index contributed by atoms with van der Waals surface area (Å²) in [6.45, 7) is 1.61. The molecule has 0 aromatic heterocycles. The number of carbonyl (C=O) groups excluding carboxylic acids is 1. The van der Waals surface area contributed by atoms with Gasteiger partial charge in [-0.2, -0.15) is 5.10 Å². The predicted octanol–water partition coefficient (Wildman–Crippen LogP) is 2.48. The summed E-state index contributed by atoms with van der Waals surface area (Å²) in [6.07, 6.45) is 1.54. The molecular weight excluding hydrogens is 382 g/mol. The van der Waals surface area contributed by atoms with Gasteiger partial charge in [0.1, 0.15) is 0 Å². The molecule has 2 aliphatic heterocycles. The molecule has 0 bridgehead atoms. The van der Waals surface area contributed by atoms with Crippen molar-refractivity contribution in [1.29, 1.82) is 0 Å². The van der Waals surface area contributed by atoms with Crippen LogP contribution in [0.2, 0.25) is 0 Å². The number of para-hydroxylation sites is 1. The van der Waals surface area contributed by atoms with Crippen LogP contribution in [-0.4, -0.2) is 38.1 Å². The van der Waals surface area contributed by atoms with Gasteiger partial charge in [0, 0.05) is 24.5 Å². The molecule has 2 aromatic carbocycles. The minimum Gasteiger partial charge on any atom is -0.454 e. The Labute approximate surface area is 162 Å². The second-order valence-electron chi connectivity index (χ2n) is 6.66. The fourth-order valence-electron chi connectivity index (χ4n) is 3.37. The maximum atomic E-state index is 12.2. The van der Waals surface area contributed by atoms with Gasteiger partial charge in [-0.25, -0.2) is 13.4 Å². The van der Waals surface area contributed by atoms with Gasteiger partial charge in [-0.3, -0.25) is 9.52 Å². The highest BCUT2D eigenvalue weighted by molar-refractivity contribution is 7.92. The highest BCUT2D eigenvalue weighted by Crippen LogP contribution is 2.39. The predicted molar refractivity (Wildman–Crippen MR) is 104 cm³/mol. The van der Waals surface area contributed by atoms with E-state index in [-0.39, 0.29) is 12.7 Å². The van der Waals surface area contributed by atoms with Gasteiger partial charge in [0.25, 0.3) is 0 Å². The lowest BCUT2D eigenvalue weighted by Crippen LogP contribution is -2.25. The molecule has 8 nitrogen and oxygen atoms in total. The molecule has 2 heterocycles. The number of hydrazone groups is 1. The normalized spacial score (nSPS) is 18.1. The Morgan fingerprint density at radius 1 is 1.18 bits per heavy atom. The van der Waals surface area contributed by atoms with E-state index >= 15 is 0 Å². The Balaban J connectivity index is 1.70. The molecule has 1 N–H and O–H groups in total. The highest BCUT2D eigenvalue weighted by atomic mass is 32.2. The van der Waals surface area contributed by atoms with Crippen LogP contribution in [0.5, 0.6) is 11.5 Å². The summed E-state index contributed by atoms with van der Waals surface area (Å²) in [5, 5.41) is 5.90. The van der Waals surface area contributed by atoms with Gasteiger partial charge in [-0.1, -0.05) is 18.2 Å². The molecule has 0 aliphatic carbocycles. The van der Waals surface area contributed by atoms with Crippen molar-refractivity contribution in [3.8, 4) is 11.5 Å². The highest BCUT2D eigenvalue weighted by Gasteiger charge is 2.33. The van der Waals surface area contributed by atoms with Gasteiger partial charge < -0.3 is 9.47 Å². The smallest absolute Gasteiger partial charge is 0.240 e. The maximum Gasteiger partial charge on any atom is 0.240 e. The molecule has 0 saturated carbocycles. The number of carbonyl (C=O) groups is 1. The summed E-state index contributed by atoms with van der Waals surface area (Å²) in [5.41, 5.74) is 2.66. The van der Waals surface area contributed by atoms with E-state index < -0.39 is 16.1 Å². The van der Waals surface area contributed by atoms with Crippen LogP contribution in [0.25, 0.3) is 0 Å². The molecule has 28 heavy (non-hydrogen) atoms. The van der Waals surface area contributed by atoms with E-state index in [4.69, 9.17) is 9.47 Å². The number of ether oxygens (including phenoxy) is 2. The molecule has 1 amide bonds. The quantitative estimate of drug-likeness (QED) is 0.849. The zero-order valence-electron chi connectivity index (χ0n) is 15.4. The van der Waals surface area contributed by atoms with Gasteiger partial charge >= 0.3 is 0 Å². The molecule has 1 atom stereocenters. The van der Waals surface area contributed by atoms with E-state index in [9.17, 15) is 13.2 Å². The molecule has 2 aliphatic rings. The van der Waals surface area contributed by atoms with Gasteiger partial charge in [0.2, 0.25) is 22.7 Å². The minimum atomic E-state index is -3.46. The van der Waals surface area contributed by atoms with Crippen molar-refractivity contribution in [2.75, 3.05) is 17.8 Å². The molecule has 0 fully saturated rings. The third kappa shape index (κ3) is 3.53. The van der Waals surface area contributed by atoms with Crippen molar-refractivity contribution >= 4 is 27.3 Å². The first-order chi connectivity index (χ1) is 13.3. The third-order valence-electron chi connectivity index (χ3n) is 4.55. The van der Waals surface area contributed by atoms with Crippen LogP contribution < -0.4 is 14.2 Å². The number of rotatable bonds is 4. The van der Waals surface area contributed by atoms with E-state index in [1.54, 1.807) is 24.3 Å². The maximum absolute atomic E-state index is 12.2. The summed E-state index contributed by atoms with van der Waals surface area (Å²) in [5.74, 6) is 1.08. The molecule has 0 spiro atoms. The monoisotopic (exact) mass is 401 g/mol. The van der Waals surface area contributed by atoms with Crippen molar-refractivity contribution < 1.29 is 22.7 Å². The molecule has 0 radical (unpaired) electrons. The number of benzene rings is 2. The van der Waals surface area contributed by atoms with Crippen LogP contribution in [0.4, 0.5) is 5.69 Å². The zero-order chi connectivity index (χ0) is 19.9. The van der Waals surface area contributed by atoms with Gasteiger partial charge in [0.05, 0.1) is 23.7 Å². The van der Waals surface area contributed by atoms with Crippen LogP contribution in [0.3, 0.4) is 0 Å². The fraction of sp³-hybridized carbons (Fsp3) is 0.263. The van der Waals surface area contributed by atoms with Crippen LogP contribution in [0.15, 0.2) is 47.6 Å². The summed E-state index contributed by atoms with van der Waals surface area (Å²) in [6, 6.07) is 12.1. The molecule has 2 aromatic rings. The number of amides is 1. The van der Waals surface area contributed by atoms with Gasteiger partial charge in [0.15, 0.2) is 11.5 Å². The van der Waals surface area contributed by atoms with Gasteiger partial charge in [-0.15, -0.1) is 0 Å². The van der Waals surface area contributed by atoms with Gasteiger partial charge in [-0.05, 0) is 24.3 Å². The summed E-state index contributed by atoms with van der Waals surface area (Å²) >= 11 is 0. The van der Waals surface area contributed by atoms with Crippen LogP contribution in [-0.2, 0) is 14.8 Å². The van der Waals surface area contributed by atoms with E-state index in [1.807, 2.05) is 18.2 Å². The minimum absolute atomic E-state index is 0.179. The molecule has 4 rings (SSSR count). The Morgan fingerprint density at radius 3 is 2.68 bits per heavy atom. The standard InChI is InChI=1S/C19H19N3O5S/c1-12(23)22-17(14-5-3-4-6-15(14)21-28(2,24)25)10-16(20-22)13-7-8-18-19(9-13)27-11-26-18/h3-9,17,21H,10-11H2,1-2H3/t17-/m0/s1. The second-order valence-corrected chi connectivity index (χ2v) is 8.41. The summed E-state index contributed by atoms with van der Waals surface area (Å²) in [4.78, 5) is 12.2.